The quantitative estimate of drug-likeness (QED) is 0.846. The maximum Gasteiger partial charge on any atom is 0.251 e. The maximum atomic E-state index is 12.4. The van der Waals surface area contributed by atoms with Crippen LogP contribution >= 0.6 is 0 Å². The Bertz CT molecular complexity index is 830. The lowest BCUT2D eigenvalue weighted by atomic mass is 10.1. The van der Waals surface area contributed by atoms with Crippen LogP contribution in [0.4, 0.5) is 0 Å². The van der Waals surface area contributed by atoms with Gasteiger partial charge < -0.3 is 5.32 Å². The maximum absolute atomic E-state index is 12.4. The molecule has 2 N–H and O–H groups in total. The number of carbonyl (C=O) groups excluding carboxylic acids is 1. The van der Waals surface area contributed by atoms with Crippen molar-refractivity contribution in [1.82, 2.24) is 10.0 Å². The smallest absolute Gasteiger partial charge is 0.251 e. The van der Waals surface area contributed by atoms with E-state index in [2.05, 4.69) is 10.0 Å². The van der Waals surface area contributed by atoms with Gasteiger partial charge in [-0.3, -0.25) is 4.79 Å². The van der Waals surface area contributed by atoms with Gasteiger partial charge in [0.05, 0.1) is 10.9 Å². The molecular formula is C18H20N2O3S. The molecule has 126 valence electrons. The van der Waals surface area contributed by atoms with E-state index in [1.165, 1.54) is 12.1 Å². The van der Waals surface area contributed by atoms with Crippen molar-refractivity contribution < 1.29 is 13.2 Å². The van der Waals surface area contributed by atoms with E-state index in [4.69, 9.17) is 0 Å². The number of rotatable bonds is 6. The van der Waals surface area contributed by atoms with Crippen LogP contribution in [0.3, 0.4) is 0 Å². The third-order valence-corrected chi connectivity index (χ3v) is 5.47. The van der Waals surface area contributed by atoms with Gasteiger partial charge in [-0.25, -0.2) is 13.1 Å². The highest BCUT2D eigenvalue weighted by atomic mass is 32.2. The lowest BCUT2D eigenvalue weighted by Crippen LogP contribution is -2.28. The highest BCUT2D eigenvalue weighted by Gasteiger charge is 2.28. The standard InChI is InChI=1S/C18H20N2O3S/c1-13(14-6-3-2-4-7-14)19-18(21)15-8-5-9-17(12-15)24(22,23)20-16-10-11-16/h2-9,12-13,16,20H,10-11H2,1H3,(H,19,21). The topological polar surface area (TPSA) is 75.3 Å². The molecule has 0 saturated heterocycles. The molecule has 1 fully saturated rings. The second-order valence-corrected chi connectivity index (χ2v) is 7.74. The summed E-state index contributed by atoms with van der Waals surface area (Å²) in [5, 5.41) is 2.89. The molecule has 1 aliphatic rings. The molecule has 0 spiro atoms. The Labute approximate surface area is 142 Å². The van der Waals surface area contributed by atoms with Crippen LogP contribution in [0.1, 0.15) is 41.7 Å². The molecule has 1 aliphatic carbocycles. The summed E-state index contributed by atoms with van der Waals surface area (Å²) in [5.74, 6) is -0.296. The summed E-state index contributed by atoms with van der Waals surface area (Å²) in [4.78, 5) is 12.5. The summed E-state index contributed by atoms with van der Waals surface area (Å²) in [7, 11) is -3.56. The van der Waals surface area contributed by atoms with Crippen LogP contribution < -0.4 is 10.0 Å². The molecule has 0 aliphatic heterocycles. The number of benzene rings is 2. The first-order valence-electron chi connectivity index (χ1n) is 7.94. The Kier molecular flexibility index (Phi) is 4.69. The molecule has 1 saturated carbocycles. The van der Waals surface area contributed by atoms with Crippen molar-refractivity contribution in [3.63, 3.8) is 0 Å². The van der Waals surface area contributed by atoms with Gasteiger partial charge in [0.1, 0.15) is 0 Å². The third-order valence-electron chi connectivity index (χ3n) is 3.95. The lowest BCUT2D eigenvalue weighted by molar-refractivity contribution is 0.0939. The van der Waals surface area contributed by atoms with Gasteiger partial charge >= 0.3 is 0 Å². The molecule has 1 atom stereocenters. The summed E-state index contributed by atoms with van der Waals surface area (Å²) in [5.41, 5.74) is 1.32. The number of carbonyl (C=O) groups is 1. The first-order chi connectivity index (χ1) is 11.5. The normalized spacial score (nSPS) is 15.7. The van der Waals surface area contributed by atoms with Crippen molar-refractivity contribution >= 4 is 15.9 Å². The zero-order valence-corrected chi connectivity index (χ0v) is 14.2. The van der Waals surface area contributed by atoms with Crippen molar-refractivity contribution in [2.24, 2.45) is 0 Å². The third kappa shape index (κ3) is 4.01. The lowest BCUT2D eigenvalue weighted by Gasteiger charge is -2.15. The highest BCUT2D eigenvalue weighted by molar-refractivity contribution is 7.89. The van der Waals surface area contributed by atoms with Crippen LogP contribution in [-0.4, -0.2) is 20.4 Å². The van der Waals surface area contributed by atoms with Crippen molar-refractivity contribution in [1.29, 1.82) is 0 Å². The van der Waals surface area contributed by atoms with E-state index >= 15 is 0 Å². The fourth-order valence-electron chi connectivity index (χ4n) is 2.40. The number of nitrogens with one attached hydrogen (secondary N) is 2. The van der Waals surface area contributed by atoms with Gasteiger partial charge in [0.25, 0.3) is 5.91 Å². The Hall–Kier alpha value is -2.18. The summed E-state index contributed by atoms with van der Waals surface area (Å²) in [6, 6.07) is 15.6. The van der Waals surface area contributed by atoms with E-state index in [0.717, 1.165) is 18.4 Å². The summed E-state index contributed by atoms with van der Waals surface area (Å²) in [6.07, 6.45) is 1.74. The Balaban J connectivity index is 1.74. The molecule has 0 aromatic heterocycles. The minimum Gasteiger partial charge on any atom is -0.346 e. The van der Waals surface area contributed by atoms with Crippen LogP contribution in [0.25, 0.3) is 0 Å². The second-order valence-electron chi connectivity index (χ2n) is 6.03. The molecular weight excluding hydrogens is 324 g/mol. The van der Waals surface area contributed by atoms with Crippen LogP contribution in [0.5, 0.6) is 0 Å². The first-order valence-corrected chi connectivity index (χ1v) is 9.42. The van der Waals surface area contributed by atoms with Gasteiger partial charge in [-0.05, 0) is 43.5 Å². The number of hydrogen-bond donors (Lipinski definition) is 2. The van der Waals surface area contributed by atoms with Gasteiger partial charge in [-0.2, -0.15) is 0 Å². The van der Waals surface area contributed by atoms with Crippen molar-refractivity contribution in [2.45, 2.75) is 36.7 Å². The fourth-order valence-corrected chi connectivity index (χ4v) is 3.75. The molecule has 0 radical (unpaired) electrons. The molecule has 5 nitrogen and oxygen atoms in total. The minimum absolute atomic E-state index is 0.0329. The van der Waals surface area contributed by atoms with Gasteiger partial charge in [0.2, 0.25) is 10.0 Å². The summed E-state index contributed by atoms with van der Waals surface area (Å²) in [6.45, 7) is 1.89. The van der Waals surface area contributed by atoms with Gasteiger partial charge in [0.15, 0.2) is 0 Å². The zero-order chi connectivity index (χ0) is 17.2. The Morgan fingerprint density at radius 2 is 1.79 bits per heavy atom. The van der Waals surface area contributed by atoms with E-state index in [-0.39, 0.29) is 22.9 Å². The second kappa shape index (κ2) is 6.75. The van der Waals surface area contributed by atoms with Crippen LogP contribution in [-0.2, 0) is 10.0 Å². The predicted molar refractivity (Wildman–Crippen MR) is 92.1 cm³/mol. The Morgan fingerprint density at radius 3 is 2.46 bits per heavy atom. The number of sulfonamides is 1. The average Bonchev–Trinajstić information content (AvgIpc) is 3.39. The monoisotopic (exact) mass is 344 g/mol. The van der Waals surface area contributed by atoms with Crippen molar-refractivity contribution in [3.8, 4) is 0 Å². The molecule has 2 aromatic rings. The zero-order valence-electron chi connectivity index (χ0n) is 13.4. The van der Waals surface area contributed by atoms with Crippen molar-refractivity contribution in [3.05, 3.63) is 65.7 Å². The fraction of sp³-hybridized carbons (Fsp3) is 0.278. The van der Waals surface area contributed by atoms with E-state index in [1.807, 2.05) is 37.3 Å². The molecule has 3 rings (SSSR count). The first kappa shape index (κ1) is 16.7. The van der Waals surface area contributed by atoms with Gasteiger partial charge in [0, 0.05) is 11.6 Å². The SMILES string of the molecule is CC(NC(=O)c1cccc(S(=O)(=O)NC2CC2)c1)c1ccccc1. The van der Waals surface area contributed by atoms with Crippen LogP contribution in [0, 0.1) is 0 Å². The minimum atomic E-state index is -3.56. The van der Waals surface area contributed by atoms with Gasteiger partial charge in [-0.15, -0.1) is 0 Å². The van der Waals surface area contributed by atoms with E-state index in [1.54, 1.807) is 12.1 Å². The van der Waals surface area contributed by atoms with Crippen LogP contribution in [0.2, 0.25) is 0 Å². The molecule has 2 aromatic carbocycles. The molecule has 0 bridgehead atoms. The average molecular weight is 344 g/mol. The Morgan fingerprint density at radius 1 is 1.08 bits per heavy atom. The molecule has 0 heterocycles. The largest absolute Gasteiger partial charge is 0.346 e. The van der Waals surface area contributed by atoms with Gasteiger partial charge in [-0.1, -0.05) is 36.4 Å². The van der Waals surface area contributed by atoms with E-state index in [0.29, 0.717) is 5.56 Å². The molecule has 1 unspecified atom stereocenters. The van der Waals surface area contributed by atoms with Crippen molar-refractivity contribution in [2.75, 3.05) is 0 Å². The highest BCUT2D eigenvalue weighted by Crippen LogP contribution is 2.22. The van der Waals surface area contributed by atoms with E-state index < -0.39 is 10.0 Å². The number of amides is 1. The number of hydrogen-bond acceptors (Lipinski definition) is 3. The molecule has 1 amide bonds. The summed E-state index contributed by atoms with van der Waals surface area (Å²) >= 11 is 0. The molecule has 6 heteroatoms. The molecule has 24 heavy (non-hydrogen) atoms. The predicted octanol–water partition coefficient (Wildman–Crippen LogP) is 2.62. The van der Waals surface area contributed by atoms with E-state index in [9.17, 15) is 13.2 Å². The summed E-state index contributed by atoms with van der Waals surface area (Å²) < 4.78 is 27.1. The van der Waals surface area contributed by atoms with Crippen LogP contribution in [0.15, 0.2) is 59.5 Å².